The Bertz CT molecular complexity index is 780. The number of nitrogens with zero attached hydrogens (tertiary/aromatic N) is 2. The van der Waals surface area contributed by atoms with Gasteiger partial charge in [0.05, 0.1) is 12.1 Å². The normalized spacial score (nSPS) is 13.8. The van der Waals surface area contributed by atoms with Crippen LogP contribution in [0.1, 0.15) is 15.9 Å². The van der Waals surface area contributed by atoms with Crippen LogP contribution in [-0.2, 0) is 11.3 Å². The predicted octanol–water partition coefficient (Wildman–Crippen LogP) is 2.85. The van der Waals surface area contributed by atoms with Gasteiger partial charge in [0.1, 0.15) is 17.5 Å². The summed E-state index contributed by atoms with van der Waals surface area (Å²) in [6.45, 7) is -0.182. The van der Waals surface area contributed by atoms with Crippen LogP contribution in [0.2, 0.25) is 0 Å². The van der Waals surface area contributed by atoms with E-state index in [1.807, 2.05) is 0 Å². The molecule has 1 aliphatic heterocycles. The number of hydrogen-bond donors (Lipinski definition) is 0. The standard InChI is InChI=1S/C14H7BrF2N2O2/c15-8-3-10-12(20)14(21)19(13(10)18-5-8)6-7-1-2-9(16)4-11(7)17/h1-5H,6H2. The Kier molecular flexibility index (Phi) is 3.29. The molecule has 0 aliphatic carbocycles. The summed E-state index contributed by atoms with van der Waals surface area (Å²) in [6.07, 6.45) is 1.44. The maximum Gasteiger partial charge on any atom is 0.301 e. The van der Waals surface area contributed by atoms with Crippen LogP contribution < -0.4 is 4.90 Å². The molecule has 0 N–H and O–H groups in total. The van der Waals surface area contributed by atoms with Gasteiger partial charge in [-0.15, -0.1) is 0 Å². The summed E-state index contributed by atoms with van der Waals surface area (Å²) in [7, 11) is 0. The summed E-state index contributed by atoms with van der Waals surface area (Å²) in [5, 5.41) is 0. The van der Waals surface area contributed by atoms with Crippen LogP contribution in [0.15, 0.2) is 34.9 Å². The summed E-state index contributed by atoms with van der Waals surface area (Å²) in [5.74, 6) is -2.78. The van der Waals surface area contributed by atoms with Gasteiger partial charge in [0.25, 0.3) is 5.78 Å². The highest BCUT2D eigenvalue weighted by molar-refractivity contribution is 9.10. The average molecular weight is 353 g/mol. The molecule has 3 rings (SSSR count). The van der Waals surface area contributed by atoms with Gasteiger partial charge in [-0.05, 0) is 28.1 Å². The monoisotopic (exact) mass is 352 g/mol. The molecule has 1 aromatic carbocycles. The summed E-state index contributed by atoms with van der Waals surface area (Å²) >= 11 is 3.17. The van der Waals surface area contributed by atoms with Gasteiger partial charge < -0.3 is 0 Å². The zero-order chi connectivity index (χ0) is 15.1. The lowest BCUT2D eigenvalue weighted by Crippen LogP contribution is -2.30. The van der Waals surface area contributed by atoms with Gasteiger partial charge in [-0.1, -0.05) is 6.07 Å². The van der Waals surface area contributed by atoms with Gasteiger partial charge in [0.2, 0.25) is 0 Å². The number of benzene rings is 1. The number of aromatic nitrogens is 1. The maximum absolute atomic E-state index is 13.7. The first-order valence-electron chi connectivity index (χ1n) is 5.93. The molecule has 106 valence electrons. The van der Waals surface area contributed by atoms with Gasteiger partial charge >= 0.3 is 5.91 Å². The molecule has 2 heterocycles. The van der Waals surface area contributed by atoms with Gasteiger partial charge in [0, 0.05) is 22.3 Å². The van der Waals surface area contributed by atoms with E-state index in [-0.39, 0.29) is 23.5 Å². The van der Waals surface area contributed by atoms with Gasteiger partial charge in [-0.2, -0.15) is 0 Å². The molecule has 4 nitrogen and oxygen atoms in total. The van der Waals surface area contributed by atoms with E-state index < -0.39 is 23.3 Å². The van der Waals surface area contributed by atoms with Crippen molar-refractivity contribution in [1.82, 2.24) is 4.98 Å². The van der Waals surface area contributed by atoms with Crippen molar-refractivity contribution in [2.75, 3.05) is 4.90 Å². The van der Waals surface area contributed by atoms with Crippen LogP contribution >= 0.6 is 15.9 Å². The molecule has 0 unspecified atom stereocenters. The molecule has 0 saturated heterocycles. The van der Waals surface area contributed by atoms with Crippen LogP contribution in [0.25, 0.3) is 0 Å². The Balaban J connectivity index is 2.00. The Morgan fingerprint density at radius 1 is 1.19 bits per heavy atom. The number of amides is 1. The van der Waals surface area contributed by atoms with Crippen molar-refractivity contribution in [3.63, 3.8) is 0 Å². The summed E-state index contributed by atoms with van der Waals surface area (Å²) < 4.78 is 27.1. The topological polar surface area (TPSA) is 50.3 Å². The zero-order valence-electron chi connectivity index (χ0n) is 10.4. The first-order valence-corrected chi connectivity index (χ1v) is 6.72. The number of fused-ring (bicyclic) bond motifs is 1. The van der Waals surface area contributed by atoms with Crippen molar-refractivity contribution < 1.29 is 18.4 Å². The van der Waals surface area contributed by atoms with Crippen molar-refractivity contribution in [3.05, 3.63) is 57.7 Å². The maximum atomic E-state index is 13.7. The fraction of sp³-hybridized carbons (Fsp3) is 0.0714. The number of carbonyl (C=O) groups excluding carboxylic acids is 2. The fourth-order valence-corrected chi connectivity index (χ4v) is 2.45. The number of anilines is 1. The third-order valence-corrected chi connectivity index (χ3v) is 3.55. The van der Waals surface area contributed by atoms with E-state index in [1.165, 1.54) is 18.3 Å². The van der Waals surface area contributed by atoms with E-state index in [9.17, 15) is 18.4 Å². The molecule has 1 amide bonds. The number of halogens is 3. The third kappa shape index (κ3) is 2.33. The lowest BCUT2D eigenvalue weighted by molar-refractivity contribution is -0.114. The van der Waals surface area contributed by atoms with E-state index in [2.05, 4.69) is 20.9 Å². The first-order chi connectivity index (χ1) is 9.97. The number of pyridine rings is 1. The number of rotatable bonds is 2. The summed E-state index contributed by atoms with van der Waals surface area (Å²) in [5.41, 5.74) is 0.270. The van der Waals surface area contributed by atoms with E-state index >= 15 is 0 Å². The fourth-order valence-electron chi connectivity index (χ4n) is 2.12. The van der Waals surface area contributed by atoms with Gasteiger partial charge in [-0.3, -0.25) is 14.5 Å². The van der Waals surface area contributed by atoms with E-state index in [0.29, 0.717) is 4.47 Å². The second kappa shape index (κ2) is 5.00. The van der Waals surface area contributed by atoms with Gasteiger partial charge in [-0.25, -0.2) is 13.8 Å². The number of ketones is 1. The SMILES string of the molecule is O=C1C(=O)N(Cc2ccc(F)cc2F)c2ncc(Br)cc21. The second-order valence-electron chi connectivity index (χ2n) is 4.48. The largest absolute Gasteiger partial charge is 0.301 e. The Morgan fingerprint density at radius 2 is 1.95 bits per heavy atom. The lowest BCUT2D eigenvalue weighted by atomic mass is 10.2. The molecular weight excluding hydrogens is 346 g/mol. The highest BCUT2D eigenvalue weighted by Gasteiger charge is 2.37. The number of hydrogen-bond acceptors (Lipinski definition) is 3. The third-order valence-electron chi connectivity index (χ3n) is 3.12. The molecular formula is C14H7BrF2N2O2. The summed E-state index contributed by atoms with van der Waals surface area (Å²) in [6, 6.07) is 4.55. The molecule has 0 spiro atoms. The number of carbonyl (C=O) groups is 2. The summed E-state index contributed by atoms with van der Waals surface area (Å²) in [4.78, 5) is 29.0. The zero-order valence-corrected chi connectivity index (χ0v) is 12.0. The minimum Gasteiger partial charge on any atom is -0.285 e. The van der Waals surface area contributed by atoms with Crippen molar-refractivity contribution >= 4 is 33.4 Å². The first kappa shape index (κ1) is 13.8. The van der Waals surface area contributed by atoms with Crippen molar-refractivity contribution in [2.45, 2.75) is 6.54 Å². The molecule has 0 radical (unpaired) electrons. The Hall–Kier alpha value is -2.15. The van der Waals surface area contributed by atoms with Crippen LogP contribution in [0.5, 0.6) is 0 Å². The highest BCUT2D eigenvalue weighted by Crippen LogP contribution is 2.30. The number of Topliss-reactive ketones (excluding diaryl/α,β-unsaturated/α-hetero) is 1. The van der Waals surface area contributed by atoms with Crippen LogP contribution in [-0.4, -0.2) is 16.7 Å². The quantitative estimate of drug-likeness (QED) is 0.781. The molecule has 0 fully saturated rings. The Labute approximate surface area is 126 Å². The van der Waals surface area contributed by atoms with Crippen molar-refractivity contribution in [2.24, 2.45) is 0 Å². The van der Waals surface area contributed by atoms with Gasteiger partial charge in [0.15, 0.2) is 0 Å². The minimum atomic E-state index is -0.778. The molecule has 1 aromatic heterocycles. The minimum absolute atomic E-state index is 0.107. The van der Waals surface area contributed by atoms with Crippen LogP contribution in [0.3, 0.4) is 0 Å². The van der Waals surface area contributed by atoms with Crippen LogP contribution in [0, 0.1) is 11.6 Å². The smallest absolute Gasteiger partial charge is 0.285 e. The average Bonchev–Trinajstić information content (AvgIpc) is 2.66. The second-order valence-corrected chi connectivity index (χ2v) is 5.40. The molecule has 2 aromatic rings. The molecule has 0 atom stereocenters. The van der Waals surface area contributed by atoms with E-state index in [1.54, 1.807) is 0 Å². The Morgan fingerprint density at radius 3 is 2.67 bits per heavy atom. The van der Waals surface area contributed by atoms with Crippen molar-refractivity contribution in [1.29, 1.82) is 0 Å². The molecule has 1 aliphatic rings. The molecule has 7 heteroatoms. The molecule has 21 heavy (non-hydrogen) atoms. The molecule has 0 saturated carbocycles. The lowest BCUT2D eigenvalue weighted by Gasteiger charge is -2.15. The predicted molar refractivity (Wildman–Crippen MR) is 73.8 cm³/mol. The van der Waals surface area contributed by atoms with Crippen LogP contribution in [0.4, 0.5) is 14.6 Å². The van der Waals surface area contributed by atoms with E-state index in [0.717, 1.165) is 17.0 Å². The van der Waals surface area contributed by atoms with E-state index in [4.69, 9.17) is 0 Å². The highest BCUT2D eigenvalue weighted by atomic mass is 79.9. The molecule has 0 bridgehead atoms. The van der Waals surface area contributed by atoms with Crippen molar-refractivity contribution in [3.8, 4) is 0 Å².